The highest BCUT2D eigenvalue weighted by Gasteiger charge is 2.44. The Morgan fingerprint density at radius 3 is 2.62 bits per heavy atom. The minimum atomic E-state index is -4.30. The molecule has 0 amide bonds. The average Bonchev–Trinajstić information content (AvgIpc) is 3.04. The molecular weight excluding hydrogens is 279 g/mol. The molecule has 2 aliphatic rings. The van der Waals surface area contributed by atoms with Gasteiger partial charge in [0.1, 0.15) is 0 Å². The third kappa shape index (κ3) is 3.40. The quantitative estimate of drug-likeness (QED) is 0.653. The van der Waals surface area contributed by atoms with Gasteiger partial charge in [0.25, 0.3) is 0 Å². The molecular formula is C16H20F3NO. The van der Waals surface area contributed by atoms with Gasteiger partial charge in [-0.05, 0) is 55.7 Å². The first-order chi connectivity index (χ1) is 9.97. The molecule has 0 atom stereocenters. The third-order valence-corrected chi connectivity index (χ3v) is 4.81. The summed E-state index contributed by atoms with van der Waals surface area (Å²) in [4.78, 5) is 0. The van der Waals surface area contributed by atoms with Gasteiger partial charge in [0.05, 0.1) is 18.9 Å². The van der Waals surface area contributed by atoms with Gasteiger partial charge < -0.3 is 4.74 Å². The molecule has 21 heavy (non-hydrogen) atoms. The number of benzene rings is 1. The molecule has 1 aromatic carbocycles. The van der Waals surface area contributed by atoms with Crippen LogP contribution in [0.15, 0.2) is 24.3 Å². The van der Waals surface area contributed by atoms with Crippen molar-refractivity contribution in [1.29, 1.82) is 0 Å². The summed E-state index contributed by atoms with van der Waals surface area (Å²) in [5.41, 5.74) is 0.169. The molecule has 0 aromatic heterocycles. The van der Waals surface area contributed by atoms with Crippen LogP contribution in [-0.2, 0) is 17.5 Å². The number of fused-ring (bicyclic) bond motifs is 2. The summed E-state index contributed by atoms with van der Waals surface area (Å²) in [5.74, 6) is 0.862. The maximum atomic E-state index is 12.6. The van der Waals surface area contributed by atoms with Gasteiger partial charge in [-0.3, -0.25) is 5.32 Å². The van der Waals surface area contributed by atoms with Crippen LogP contribution in [0.5, 0.6) is 0 Å². The first-order valence-electron chi connectivity index (χ1n) is 7.46. The second-order valence-electron chi connectivity index (χ2n) is 6.30. The van der Waals surface area contributed by atoms with Crippen LogP contribution < -0.4 is 5.32 Å². The second kappa shape index (κ2) is 5.61. The van der Waals surface area contributed by atoms with E-state index in [9.17, 15) is 13.2 Å². The number of rotatable bonds is 5. The second-order valence-corrected chi connectivity index (χ2v) is 6.30. The Hall–Kier alpha value is -1.07. The van der Waals surface area contributed by atoms with Crippen molar-refractivity contribution >= 4 is 0 Å². The van der Waals surface area contributed by atoms with E-state index in [1.807, 2.05) is 0 Å². The molecule has 0 unspecified atom stereocenters. The number of nitrogens with one attached hydrogen (secondary N) is 1. The normalized spacial score (nSPS) is 28.2. The predicted octanol–water partition coefficient (Wildman–Crippen LogP) is 4.10. The van der Waals surface area contributed by atoms with E-state index in [2.05, 4.69) is 5.32 Å². The van der Waals surface area contributed by atoms with Gasteiger partial charge in [-0.15, -0.1) is 0 Å². The molecule has 0 saturated heterocycles. The van der Waals surface area contributed by atoms with Crippen molar-refractivity contribution in [3.8, 4) is 0 Å². The average molecular weight is 299 g/mol. The first-order valence-corrected chi connectivity index (χ1v) is 7.46. The Morgan fingerprint density at radius 1 is 1.24 bits per heavy atom. The molecule has 2 nitrogen and oxygen atoms in total. The van der Waals surface area contributed by atoms with E-state index in [1.54, 1.807) is 6.07 Å². The lowest BCUT2D eigenvalue weighted by Crippen LogP contribution is -2.42. The molecule has 1 N–H and O–H groups in total. The van der Waals surface area contributed by atoms with Crippen LogP contribution in [0.25, 0.3) is 0 Å². The number of hydrogen-bond donors (Lipinski definition) is 1. The van der Waals surface area contributed by atoms with Gasteiger partial charge in [0.15, 0.2) is 0 Å². The van der Waals surface area contributed by atoms with Crippen LogP contribution in [0.3, 0.4) is 0 Å². The van der Waals surface area contributed by atoms with Gasteiger partial charge >= 0.3 is 6.18 Å². The lowest BCUT2D eigenvalue weighted by molar-refractivity contribution is -0.137. The Balaban J connectivity index is 1.47. The van der Waals surface area contributed by atoms with Crippen molar-refractivity contribution in [3.63, 3.8) is 0 Å². The van der Waals surface area contributed by atoms with Gasteiger partial charge in [-0.2, -0.15) is 13.2 Å². The third-order valence-electron chi connectivity index (χ3n) is 4.81. The summed E-state index contributed by atoms with van der Waals surface area (Å²) in [7, 11) is 0. The van der Waals surface area contributed by atoms with Gasteiger partial charge in [-0.1, -0.05) is 12.1 Å². The Morgan fingerprint density at radius 2 is 2.00 bits per heavy atom. The monoisotopic (exact) mass is 299 g/mol. The highest BCUT2D eigenvalue weighted by molar-refractivity contribution is 5.25. The number of hydrogen-bond acceptors (Lipinski definition) is 2. The summed E-state index contributed by atoms with van der Waals surface area (Å²) in [5, 5.41) is 3.46. The highest BCUT2D eigenvalue weighted by Crippen LogP contribution is 2.47. The van der Waals surface area contributed by atoms with E-state index in [0.29, 0.717) is 12.3 Å². The fraction of sp³-hybridized carbons (Fsp3) is 0.625. The summed E-state index contributed by atoms with van der Waals surface area (Å²) >= 11 is 0. The molecule has 1 aromatic rings. The summed E-state index contributed by atoms with van der Waals surface area (Å²) < 4.78 is 43.3. The first kappa shape index (κ1) is 14.9. The molecule has 2 bridgehead atoms. The number of alkyl halides is 3. The van der Waals surface area contributed by atoms with E-state index in [-0.39, 0.29) is 12.1 Å². The van der Waals surface area contributed by atoms with Crippen molar-refractivity contribution in [3.05, 3.63) is 35.4 Å². The van der Waals surface area contributed by atoms with E-state index in [0.717, 1.165) is 18.1 Å². The van der Waals surface area contributed by atoms with Gasteiger partial charge in [0, 0.05) is 5.54 Å². The molecule has 0 spiro atoms. The highest BCUT2D eigenvalue weighted by atomic mass is 19.4. The zero-order valence-corrected chi connectivity index (χ0v) is 11.9. The molecule has 2 aliphatic carbocycles. The lowest BCUT2D eigenvalue weighted by Gasteiger charge is -2.28. The standard InChI is InChI=1S/C16H20F3NO/c17-16(18,19)14-3-1-2-13(8-14)10-21-11-20-15-6-4-12(9-15)5-7-15/h1-3,8,12,20H,4-7,9-11H2. The van der Waals surface area contributed by atoms with Crippen LogP contribution in [0.4, 0.5) is 13.2 Å². The minimum absolute atomic E-state index is 0.205. The van der Waals surface area contributed by atoms with E-state index < -0.39 is 11.7 Å². The van der Waals surface area contributed by atoms with Crippen LogP contribution in [0, 0.1) is 5.92 Å². The van der Waals surface area contributed by atoms with E-state index in [1.165, 1.54) is 38.2 Å². The van der Waals surface area contributed by atoms with Crippen LogP contribution in [0.1, 0.15) is 43.2 Å². The molecule has 2 saturated carbocycles. The van der Waals surface area contributed by atoms with Crippen molar-refractivity contribution < 1.29 is 17.9 Å². The van der Waals surface area contributed by atoms with Crippen LogP contribution in [-0.4, -0.2) is 12.3 Å². The Bertz CT molecular complexity index is 493. The molecule has 5 heteroatoms. The van der Waals surface area contributed by atoms with Crippen molar-refractivity contribution in [2.24, 2.45) is 5.92 Å². The molecule has 3 rings (SSSR count). The maximum absolute atomic E-state index is 12.6. The molecule has 2 fully saturated rings. The van der Waals surface area contributed by atoms with E-state index >= 15 is 0 Å². The van der Waals surface area contributed by atoms with E-state index in [4.69, 9.17) is 4.74 Å². The SMILES string of the molecule is FC(F)(F)c1cccc(COCNC23CCC(CC2)C3)c1. The van der Waals surface area contributed by atoms with Crippen molar-refractivity contribution in [1.82, 2.24) is 5.32 Å². The molecule has 0 heterocycles. The lowest BCUT2D eigenvalue weighted by atomic mass is 9.94. The fourth-order valence-electron chi connectivity index (χ4n) is 3.65. The maximum Gasteiger partial charge on any atom is 0.416 e. The van der Waals surface area contributed by atoms with Gasteiger partial charge in [-0.25, -0.2) is 0 Å². The molecule has 0 aliphatic heterocycles. The van der Waals surface area contributed by atoms with Crippen molar-refractivity contribution in [2.45, 2.75) is 50.4 Å². The fourth-order valence-corrected chi connectivity index (χ4v) is 3.65. The molecule has 116 valence electrons. The minimum Gasteiger partial charge on any atom is -0.362 e. The zero-order chi connectivity index (χ0) is 14.9. The van der Waals surface area contributed by atoms with Crippen LogP contribution >= 0.6 is 0 Å². The predicted molar refractivity (Wildman–Crippen MR) is 73.5 cm³/mol. The smallest absolute Gasteiger partial charge is 0.362 e. The summed E-state index contributed by atoms with van der Waals surface area (Å²) in [6.07, 6.45) is 1.91. The number of ether oxygens (including phenoxy) is 1. The topological polar surface area (TPSA) is 21.3 Å². The Kier molecular flexibility index (Phi) is 3.97. The van der Waals surface area contributed by atoms with Crippen molar-refractivity contribution in [2.75, 3.05) is 6.73 Å². The zero-order valence-electron chi connectivity index (χ0n) is 11.9. The summed E-state index contributed by atoms with van der Waals surface area (Å²) in [6, 6.07) is 5.32. The largest absolute Gasteiger partial charge is 0.416 e. The Labute approximate surface area is 122 Å². The van der Waals surface area contributed by atoms with Gasteiger partial charge in [0.2, 0.25) is 0 Å². The number of halogens is 3. The molecule has 0 radical (unpaired) electrons. The summed E-state index contributed by atoms with van der Waals surface area (Å²) in [6.45, 7) is 0.611. The van der Waals surface area contributed by atoms with Crippen LogP contribution in [0.2, 0.25) is 0 Å².